The molecule has 3 rings (SSSR count). The predicted octanol–water partition coefficient (Wildman–Crippen LogP) is 8.10. The van der Waals surface area contributed by atoms with E-state index in [1.807, 2.05) is 0 Å². The molecular weight excluding hydrogens is 342 g/mol. The highest BCUT2D eigenvalue weighted by molar-refractivity contribution is 5.79. The highest BCUT2D eigenvalue weighted by atomic mass is 16.5. The number of ether oxygens (including phenoxy) is 1. The van der Waals surface area contributed by atoms with Gasteiger partial charge in [-0.2, -0.15) is 0 Å². The van der Waals surface area contributed by atoms with E-state index in [0.29, 0.717) is 6.04 Å². The third-order valence-corrected chi connectivity index (χ3v) is 7.02. The molecule has 2 nitrogen and oxygen atoms in total. The number of rotatable bonds is 6. The van der Waals surface area contributed by atoms with Gasteiger partial charge in [0.05, 0.1) is 11.4 Å². The summed E-state index contributed by atoms with van der Waals surface area (Å²) < 4.78 is 6.52. The van der Waals surface area contributed by atoms with Gasteiger partial charge in [0.1, 0.15) is 0 Å². The van der Waals surface area contributed by atoms with Gasteiger partial charge in [-0.25, -0.2) is 0 Å². The highest BCUT2D eigenvalue weighted by Gasteiger charge is 2.31. The van der Waals surface area contributed by atoms with Crippen LogP contribution in [0, 0.1) is 0 Å². The van der Waals surface area contributed by atoms with E-state index in [9.17, 15) is 0 Å². The lowest BCUT2D eigenvalue weighted by atomic mass is 9.81. The van der Waals surface area contributed by atoms with Crippen LogP contribution in [0.1, 0.15) is 85.8 Å². The Balaban J connectivity index is 2.14. The van der Waals surface area contributed by atoms with Crippen LogP contribution in [-0.2, 0) is 10.8 Å². The molecule has 1 aliphatic heterocycles. The molecule has 2 aromatic carbocycles. The summed E-state index contributed by atoms with van der Waals surface area (Å²) >= 11 is 0. The third kappa shape index (κ3) is 3.54. The zero-order valence-corrected chi connectivity index (χ0v) is 19.0. The third-order valence-electron chi connectivity index (χ3n) is 7.02. The highest BCUT2D eigenvalue weighted by Crippen LogP contribution is 2.50. The Kier molecular flexibility index (Phi) is 5.53. The number of anilines is 2. The molecule has 2 heteroatoms. The van der Waals surface area contributed by atoms with E-state index in [-0.39, 0.29) is 10.8 Å². The average molecular weight is 380 g/mol. The first-order valence-corrected chi connectivity index (χ1v) is 10.9. The second-order valence-electron chi connectivity index (χ2n) is 9.57. The summed E-state index contributed by atoms with van der Waals surface area (Å²) in [6.45, 7) is 18.3. The van der Waals surface area contributed by atoms with Gasteiger partial charge in [0.25, 0.3) is 0 Å². The largest absolute Gasteiger partial charge is 0.453 e. The van der Waals surface area contributed by atoms with Crippen LogP contribution in [0.3, 0.4) is 0 Å². The standard InChI is InChI=1S/C26H37NO/c1-9-18(4)27-21-14-12-19(25(5,6)10-2)16-23(21)28-24-17-20(13-15-22(24)27)26(7,8)11-3/h12-18H,9-11H2,1-8H3. The smallest absolute Gasteiger partial charge is 0.151 e. The first-order chi connectivity index (χ1) is 13.1. The van der Waals surface area contributed by atoms with Crippen molar-refractivity contribution in [1.82, 2.24) is 0 Å². The molecule has 0 bridgehead atoms. The van der Waals surface area contributed by atoms with Crippen molar-refractivity contribution in [3.8, 4) is 11.5 Å². The van der Waals surface area contributed by atoms with E-state index in [4.69, 9.17) is 4.74 Å². The van der Waals surface area contributed by atoms with Crippen LogP contribution < -0.4 is 9.64 Å². The molecule has 0 fully saturated rings. The van der Waals surface area contributed by atoms with Crippen LogP contribution >= 0.6 is 0 Å². The fourth-order valence-corrected chi connectivity index (χ4v) is 3.75. The molecule has 0 saturated heterocycles. The van der Waals surface area contributed by atoms with Crippen molar-refractivity contribution >= 4 is 11.4 Å². The summed E-state index contributed by atoms with van der Waals surface area (Å²) in [4.78, 5) is 2.46. The van der Waals surface area contributed by atoms with E-state index in [1.54, 1.807) is 0 Å². The fourth-order valence-electron chi connectivity index (χ4n) is 3.75. The molecule has 0 aliphatic carbocycles. The number of benzene rings is 2. The predicted molar refractivity (Wildman–Crippen MR) is 121 cm³/mol. The fraction of sp³-hybridized carbons (Fsp3) is 0.538. The second kappa shape index (κ2) is 7.46. The van der Waals surface area contributed by atoms with Gasteiger partial charge >= 0.3 is 0 Å². The van der Waals surface area contributed by atoms with Gasteiger partial charge in [0.15, 0.2) is 11.5 Å². The number of fused-ring (bicyclic) bond motifs is 2. The SMILES string of the molecule is CCC(C)N1c2ccc(C(C)(C)CC)cc2Oc2cc(C(C)(C)CC)ccc21. The minimum absolute atomic E-state index is 0.145. The molecular formula is C26H37NO. The van der Waals surface area contributed by atoms with Gasteiger partial charge < -0.3 is 9.64 Å². The Bertz CT molecular complexity index is 784. The maximum Gasteiger partial charge on any atom is 0.151 e. The van der Waals surface area contributed by atoms with E-state index in [0.717, 1.165) is 30.8 Å². The molecule has 0 amide bonds. The van der Waals surface area contributed by atoms with Gasteiger partial charge in [-0.3, -0.25) is 0 Å². The van der Waals surface area contributed by atoms with Crippen molar-refractivity contribution in [3.05, 3.63) is 47.5 Å². The first kappa shape index (κ1) is 20.8. The molecule has 0 saturated carbocycles. The average Bonchev–Trinajstić information content (AvgIpc) is 2.70. The van der Waals surface area contributed by atoms with E-state index >= 15 is 0 Å². The van der Waals surface area contributed by atoms with Crippen molar-refractivity contribution in [2.45, 2.75) is 91.5 Å². The molecule has 1 atom stereocenters. The van der Waals surface area contributed by atoms with Gasteiger partial charge in [0, 0.05) is 6.04 Å². The summed E-state index contributed by atoms with van der Waals surface area (Å²) in [5, 5.41) is 0. The molecule has 1 heterocycles. The molecule has 0 N–H and O–H groups in total. The van der Waals surface area contributed by atoms with Crippen molar-refractivity contribution < 1.29 is 4.74 Å². The quantitative estimate of drug-likeness (QED) is 0.502. The first-order valence-electron chi connectivity index (χ1n) is 10.9. The Morgan fingerprint density at radius 1 is 0.786 bits per heavy atom. The van der Waals surface area contributed by atoms with E-state index in [1.165, 1.54) is 22.5 Å². The lowest BCUT2D eigenvalue weighted by molar-refractivity contribution is 0.452. The van der Waals surface area contributed by atoms with Crippen LogP contribution in [0.15, 0.2) is 36.4 Å². The lowest BCUT2D eigenvalue weighted by Gasteiger charge is -2.38. The zero-order valence-electron chi connectivity index (χ0n) is 19.0. The Morgan fingerprint density at radius 3 is 1.57 bits per heavy atom. The Labute approximate surface area is 171 Å². The van der Waals surface area contributed by atoms with Crippen LogP contribution in [0.2, 0.25) is 0 Å². The second-order valence-corrected chi connectivity index (χ2v) is 9.57. The minimum atomic E-state index is 0.145. The topological polar surface area (TPSA) is 12.5 Å². The minimum Gasteiger partial charge on any atom is -0.453 e. The zero-order chi connectivity index (χ0) is 20.7. The summed E-state index contributed by atoms with van der Waals surface area (Å²) in [7, 11) is 0. The molecule has 28 heavy (non-hydrogen) atoms. The maximum absolute atomic E-state index is 6.52. The van der Waals surface area contributed by atoms with Crippen LogP contribution in [-0.4, -0.2) is 6.04 Å². The van der Waals surface area contributed by atoms with Crippen LogP contribution in [0.25, 0.3) is 0 Å². The van der Waals surface area contributed by atoms with E-state index < -0.39 is 0 Å². The monoisotopic (exact) mass is 379 g/mol. The number of hydrogen-bond acceptors (Lipinski definition) is 2. The van der Waals surface area contributed by atoms with Gasteiger partial charge in [-0.1, -0.05) is 60.6 Å². The van der Waals surface area contributed by atoms with Crippen LogP contribution in [0.5, 0.6) is 11.5 Å². The summed E-state index contributed by atoms with van der Waals surface area (Å²) in [6.07, 6.45) is 3.29. The van der Waals surface area contributed by atoms with Crippen molar-refractivity contribution in [2.24, 2.45) is 0 Å². The molecule has 2 aromatic rings. The van der Waals surface area contributed by atoms with Crippen molar-refractivity contribution in [3.63, 3.8) is 0 Å². The van der Waals surface area contributed by atoms with Gasteiger partial charge in [-0.15, -0.1) is 0 Å². The molecule has 0 spiro atoms. The summed E-state index contributed by atoms with van der Waals surface area (Å²) in [5.74, 6) is 1.97. The molecule has 1 aliphatic rings. The van der Waals surface area contributed by atoms with Gasteiger partial charge in [0.2, 0.25) is 0 Å². The maximum atomic E-state index is 6.52. The molecule has 1 unspecified atom stereocenters. The normalized spacial score (nSPS) is 14.9. The molecule has 0 aromatic heterocycles. The van der Waals surface area contributed by atoms with Crippen LogP contribution in [0.4, 0.5) is 11.4 Å². The molecule has 0 radical (unpaired) electrons. The molecule has 152 valence electrons. The summed E-state index contributed by atoms with van der Waals surface area (Å²) in [6, 6.07) is 14.0. The van der Waals surface area contributed by atoms with E-state index in [2.05, 4.69) is 96.7 Å². The van der Waals surface area contributed by atoms with Crippen molar-refractivity contribution in [1.29, 1.82) is 0 Å². The summed E-state index contributed by atoms with van der Waals surface area (Å²) in [5.41, 5.74) is 5.33. The number of nitrogens with zero attached hydrogens (tertiary/aromatic N) is 1. The lowest BCUT2D eigenvalue weighted by Crippen LogP contribution is -2.31. The van der Waals surface area contributed by atoms with Gasteiger partial charge in [-0.05, 0) is 72.4 Å². The van der Waals surface area contributed by atoms with Crippen molar-refractivity contribution in [2.75, 3.05) is 4.90 Å². The Morgan fingerprint density at radius 2 is 1.21 bits per heavy atom. The number of hydrogen-bond donors (Lipinski definition) is 0. The Hall–Kier alpha value is -1.96.